The van der Waals surface area contributed by atoms with Crippen molar-refractivity contribution >= 4 is 5.91 Å². The van der Waals surface area contributed by atoms with Crippen molar-refractivity contribution in [2.45, 2.75) is 59.9 Å². The van der Waals surface area contributed by atoms with Gasteiger partial charge >= 0.3 is 0 Å². The second-order valence-electron chi connectivity index (χ2n) is 8.14. The number of piperidine rings is 1. The number of aryl methyl sites for hydroxylation is 1. The molecule has 0 radical (unpaired) electrons. The summed E-state index contributed by atoms with van der Waals surface area (Å²) in [4.78, 5) is 15.0. The van der Waals surface area contributed by atoms with Gasteiger partial charge in [-0.25, -0.2) is 0 Å². The van der Waals surface area contributed by atoms with E-state index < -0.39 is 0 Å². The lowest BCUT2D eigenvalue weighted by Crippen LogP contribution is -2.40. The van der Waals surface area contributed by atoms with E-state index in [0.717, 1.165) is 38.3 Å². The van der Waals surface area contributed by atoms with Gasteiger partial charge in [-0.3, -0.25) is 4.79 Å². The fourth-order valence-corrected chi connectivity index (χ4v) is 4.20. The van der Waals surface area contributed by atoms with Crippen LogP contribution in [-0.4, -0.2) is 38.7 Å². The Hall–Kier alpha value is -1.65. The van der Waals surface area contributed by atoms with Gasteiger partial charge in [0.05, 0.1) is 5.92 Å². The molecule has 0 N–H and O–H groups in total. The molecule has 2 atom stereocenters. The first-order valence-electron chi connectivity index (χ1n) is 9.17. The van der Waals surface area contributed by atoms with E-state index in [1.54, 1.807) is 0 Å². The molecule has 1 saturated heterocycles. The van der Waals surface area contributed by atoms with E-state index in [4.69, 9.17) is 0 Å². The summed E-state index contributed by atoms with van der Waals surface area (Å²) in [5, 5.41) is 8.34. The molecule has 0 spiro atoms. The first-order chi connectivity index (χ1) is 11.4. The van der Waals surface area contributed by atoms with Crippen molar-refractivity contribution < 1.29 is 4.79 Å². The topological polar surface area (TPSA) is 51.0 Å². The van der Waals surface area contributed by atoms with Gasteiger partial charge in [-0.05, 0) is 44.9 Å². The Bertz CT molecular complexity index is 634. The molecule has 0 bridgehead atoms. The number of hydrogen-bond donors (Lipinski definition) is 0. The largest absolute Gasteiger partial charge is 0.342 e. The second-order valence-corrected chi connectivity index (χ2v) is 8.14. The Balaban J connectivity index is 1.61. The Kier molecular flexibility index (Phi) is 4.54. The molecule has 132 valence electrons. The first-order valence-corrected chi connectivity index (χ1v) is 9.17. The van der Waals surface area contributed by atoms with Gasteiger partial charge in [-0.1, -0.05) is 25.5 Å². The van der Waals surface area contributed by atoms with E-state index in [1.165, 1.54) is 5.57 Å². The number of carbonyl (C=O) groups is 1. The van der Waals surface area contributed by atoms with Crippen LogP contribution in [0.1, 0.15) is 59.2 Å². The molecular weight excluding hydrogens is 300 g/mol. The Labute approximate surface area is 145 Å². The molecule has 1 aromatic heterocycles. The number of aromatic nitrogens is 3. The molecule has 2 fully saturated rings. The number of nitrogens with zero attached hydrogens (tertiary/aromatic N) is 4. The van der Waals surface area contributed by atoms with Gasteiger partial charge in [-0.2, -0.15) is 0 Å². The SMILES string of the molecule is CCn1cnnc1C1CCN(C(=O)[C@H]2[C@H](C=C(C)C)C2(C)C)CC1. The molecule has 1 amide bonds. The van der Waals surface area contributed by atoms with Crippen molar-refractivity contribution in [3.8, 4) is 0 Å². The smallest absolute Gasteiger partial charge is 0.226 e. The lowest BCUT2D eigenvalue weighted by atomic mass is 9.95. The van der Waals surface area contributed by atoms with E-state index >= 15 is 0 Å². The van der Waals surface area contributed by atoms with Gasteiger partial charge in [0.15, 0.2) is 0 Å². The summed E-state index contributed by atoms with van der Waals surface area (Å²) in [5.74, 6) is 2.41. The molecule has 2 heterocycles. The van der Waals surface area contributed by atoms with Gasteiger partial charge in [-0.15, -0.1) is 10.2 Å². The first kappa shape index (κ1) is 17.2. The van der Waals surface area contributed by atoms with Crippen LogP contribution in [0.3, 0.4) is 0 Å². The number of rotatable bonds is 4. The van der Waals surface area contributed by atoms with Crippen LogP contribution in [-0.2, 0) is 11.3 Å². The molecule has 1 aromatic rings. The van der Waals surface area contributed by atoms with Crippen LogP contribution < -0.4 is 0 Å². The third-order valence-corrected chi connectivity index (χ3v) is 5.85. The average Bonchev–Trinajstić information content (AvgIpc) is 2.91. The van der Waals surface area contributed by atoms with Crippen LogP contribution in [0.15, 0.2) is 18.0 Å². The van der Waals surface area contributed by atoms with Gasteiger partial charge in [0.25, 0.3) is 0 Å². The van der Waals surface area contributed by atoms with Crippen molar-refractivity contribution in [3.63, 3.8) is 0 Å². The molecule has 1 aliphatic carbocycles. The van der Waals surface area contributed by atoms with E-state index in [2.05, 4.69) is 60.4 Å². The summed E-state index contributed by atoms with van der Waals surface area (Å²) in [6, 6.07) is 0. The van der Waals surface area contributed by atoms with Gasteiger partial charge < -0.3 is 9.47 Å². The van der Waals surface area contributed by atoms with Crippen LogP contribution in [0.5, 0.6) is 0 Å². The molecule has 1 aliphatic heterocycles. The van der Waals surface area contributed by atoms with Gasteiger partial charge in [0, 0.05) is 25.6 Å². The van der Waals surface area contributed by atoms with Crippen LogP contribution in [0.4, 0.5) is 0 Å². The molecule has 3 rings (SSSR count). The predicted octanol–water partition coefficient (Wildman–Crippen LogP) is 3.24. The van der Waals surface area contributed by atoms with E-state index in [1.807, 2.05) is 6.33 Å². The third-order valence-electron chi connectivity index (χ3n) is 5.85. The standard InChI is InChI=1S/C19H30N4O/c1-6-22-12-20-21-17(22)14-7-9-23(10-8-14)18(24)16-15(11-13(2)3)19(16,4)5/h11-12,14-16H,6-10H2,1-5H3/t15-,16+/m0/s1. The monoisotopic (exact) mass is 330 g/mol. The minimum atomic E-state index is 0.105. The van der Waals surface area contributed by atoms with E-state index in [0.29, 0.717) is 17.7 Å². The molecular formula is C19H30N4O. The van der Waals surface area contributed by atoms with Crippen LogP contribution in [0, 0.1) is 17.3 Å². The number of likely N-dealkylation sites (tertiary alicyclic amines) is 1. The molecule has 1 saturated carbocycles. The fourth-order valence-electron chi connectivity index (χ4n) is 4.20. The zero-order valence-corrected chi connectivity index (χ0v) is 15.6. The highest BCUT2D eigenvalue weighted by atomic mass is 16.2. The van der Waals surface area contributed by atoms with Gasteiger partial charge in [0.2, 0.25) is 5.91 Å². The number of allylic oxidation sites excluding steroid dienone is 2. The molecule has 0 aromatic carbocycles. The summed E-state index contributed by atoms with van der Waals surface area (Å²) in [5.41, 5.74) is 1.41. The molecule has 0 unspecified atom stereocenters. The third kappa shape index (κ3) is 3.01. The lowest BCUT2D eigenvalue weighted by Gasteiger charge is -2.32. The Morgan fingerprint density at radius 2 is 2.00 bits per heavy atom. The highest BCUT2D eigenvalue weighted by molar-refractivity contribution is 5.84. The highest BCUT2D eigenvalue weighted by Crippen LogP contribution is 2.60. The lowest BCUT2D eigenvalue weighted by molar-refractivity contribution is -0.134. The van der Waals surface area contributed by atoms with E-state index in [9.17, 15) is 4.79 Å². The normalized spacial score (nSPS) is 26.3. The maximum atomic E-state index is 12.9. The molecule has 5 nitrogen and oxygen atoms in total. The molecule has 2 aliphatic rings. The van der Waals surface area contributed by atoms with Gasteiger partial charge in [0.1, 0.15) is 12.2 Å². The summed E-state index contributed by atoms with van der Waals surface area (Å²) < 4.78 is 2.12. The summed E-state index contributed by atoms with van der Waals surface area (Å²) in [6.45, 7) is 13.4. The number of carbonyl (C=O) groups excluding carboxylic acids is 1. The maximum Gasteiger partial charge on any atom is 0.226 e. The minimum Gasteiger partial charge on any atom is -0.342 e. The summed E-state index contributed by atoms with van der Waals surface area (Å²) >= 11 is 0. The second kappa shape index (κ2) is 6.34. The van der Waals surface area contributed by atoms with Crippen LogP contribution in [0.25, 0.3) is 0 Å². The minimum absolute atomic E-state index is 0.105. The number of hydrogen-bond acceptors (Lipinski definition) is 3. The zero-order chi connectivity index (χ0) is 17.5. The quantitative estimate of drug-likeness (QED) is 0.796. The predicted molar refractivity (Wildman–Crippen MR) is 94.4 cm³/mol. The Morgan fingerprint density at radius 1 is 1.33 bits per heavy atom. The highest BCUT2D eigenvalue weighted by Gasteiger charge is 2.61. The number of amides is 1. The van der Waals surface area contributed by atoms with Crippen molar-refractivity contribution in [1.82, 2.24) is 19.7 Å². The average molecular weight is 330 g/mol. The van der Waals surface area contributed by atoms with Crippen molar-refractivity contribution in [3.05, 3.63) is 23.8 Å². The van der Waals surface area contributed by atoms with E-state index in [-0.39, 0.29) is 11.3 Å². The molecule has 5 heteroatoms. The molecule has 24 heavy (non-hydrogen) atoms. The van der Waals surface area contributed by atoms with Crippen LogP contribution >= 0.6 is 0 Å². The maximum absolute atomic E-state index is 12.9. The van der Waals surface area contributed by atoms with Crippen molar-refractivity contribution in [2.24, 2.45) is 17.3 Å². The summed E-state index contributed by atoms with van der Waals surface area (Å²) in [7, 11) is 0. The Morgan fingerprint density at radius 3 is 2.58 bits per heavy atom. The fraction of sp³-hybridized carbons (Fsp3) is 0.737. The summed E-state index contributed by atoms with van der Waals surface area (Å²) in [6.07, 6.45) is 6.07. The van der Waals surface area contributed by atoms with Crippen molar-refractivity contribution in [2.75, 3.05) is 13.1 Å². The zero-order valence-electron chi connectivity index (χ0n) is 15.6. The van der Waals surface area contributed by atoms with Crippen molar-refractivity contribution in [1.29, 1.82) is 0 Å². The van der Waals surface area contributed by atoms with Crippen LogP contribution in [0.2, 0.25) is 0 Å².